The maximum absolute atomic E-state index is 12.3. The SMILES string of the molecule is CCN(CC(=O)Nc1ccc(OC)cc1)Cc1csc(-c2ccccn2)n1. The number of nitrogens with zero attached hydrogens (tertiary/aromatic N) is 3. The molecule has 0 aliphatic carbocycles. The predicted molar refractivity (Wildman–Crippen MR) is 108 cm³/mol. The van der Waals surface area contributed by atoms with Gasteiger partial charge < -0.3 is 10.1 Å². The van der Waals surface area contributed by atoms with Crippen molar-refractivity contribution in [1.82, 2.24) is 14.9 Å². The lowest BCUT2D eigenvalue weighted by molar-refractivity contribution is -0.117. The Kier molecular flexibility index (Phi) is 6.51. The molecule has 27 heavy (non-hydrogen) atoms. The number of pyridine rings is 1. The molecule has 0 aliphatic rings. The minimum Gasteiger partial charge on any atom is -0.497 e. The molecule has 0 aliphatic heterocycles. The molecule has 1 amide bonds. The number of ether oxygens (including phenoxy) is 1. The van der Waals surface area contributed by atoms with Gasteiger partial charge in [0.25, 0.3) is 0 Å². The summed E-state index contributed by atoms with van der Waals surface area (Å²) in [4.78, 5) is 23.4. The van der Waals surface area contributed by atoms with Gasteiger partial charge in [-0.25, -0.2) is 4.98 Å². The number of aromatic nitrogens is 2. The molecule has 1 aromatic carbocycles. The van der Waals surface area contributed by atoms with E-state index in [1.54, 1.807) is 24.6 Å². The van der Waals surface area contributed by atoms with Crippen molar-refractivity contribution in [2.45, 2.75) is 13.5 Å². The normalized spacial score (nSPS) is 10.8. The Balaban J connectivity index is 1.57. The predicted octanol–water partition coefficient (Wildman–Crippen LogP) is 3.67. The molecule has 0 fully saturated rings. The Labute approximate surface area is 162 Å². The molecule has 140 valence electrons. The van der Waals surface area contributed by atoms with E-state index in [1.165, 1.54) is 0 Å². The summed E-state index contributed by atoms with van der Waals surface area (Å²) in [5.74, 6) is 0.706. The van der Waals surface area contributed by atoms with E-state index in [-0.39, 0.29) is 5.91 Å². The number of nitrogens with one attached hydrogen (secondary N) is 1. The van der Waals surface area contributed by atoms with Gasteiger partial charge in [0.05, 0.1) is 25.0 Å². The van der Waals surface area contributed by atoms with E-state index < -0.39 is 0 Å². The highest BCUT2D eigenvalue weighted by atomic mass is 32.1. The molecule has 0 spiro atoms. The zero-order valence-corrected chi connectivity index (χ0v) is 16.2. The molecule has 0 atom stereocenters. The highest BCUT2D eigenvalue weighted by Gasteiger charge is 2.13. The fourth-order valence-corrected chi connectivity index (χ4v) is 3.36. The van der Waals surface area contributed by atoms with Crippen LogP contribution in [0.25, 0.3) is 10.7 Å². The van der Waals surface area contributed by atoms with E-state index in [2.05, 4.69) is 20.2 Å². The molecule has 1 N–H and O–H groups in total. The van der Waals surface area contributed by atoms with Gasteiger partial charge in [0.1, 0.15) is 10.8 Å². The van der Waals surface area contributed by atoms with Crippen molar-refractivity contribution in [2.24, 2.45) is 0 Å². The van der Waals surface area contributed by atoms with E-state index in [0.717, 1.165) is 34.4 Å². The maximum atomic E-state index is 12.3. The smallest absolute Gasteiger partial charge is 0.238 e. The average molecular weight is 382 g/mol. The Morgan fingerprint density at radius 2 is 2.04 bits per heavy atom. The molecular formula is C20H22N4O2S. The third kappa shape index (κ3) is 5.35. The summed E-state index contributed by atoms with van der Waals surface area (Å²) in [6.45, 7) is 3.72. The van der Waals surface area contributed by atoms with E-state index in [0.29, 0.717) is 13.1 Å². The number of carbonyl (C=O) groups excluding carboxylic acids is 1. The van der Waals surface area contributed by atoms with Crippen molar-refractivity contribution >= 4 is 22.9 Å². The number of likely N-dealkylation sites (N-methyl/N-ethyl adjacent to an activating group) is 1. The lowest BCUT2D eigenvalue weighted by atomic mass is 10.3. The molecule has 6 nitrogen and oxygen atoms in total. The van der Waals surface area contributed by atoms with Crippen molar-refractivity contribution in [3.63, 3.8) is 0 Å². The number of benzene rings is 1. The molecule has 0 bridgehead atoms. The van der Waals surface area contributed by atoms with Crippen LogP contribution < -0.4 is 10.1 Å². The van der Waals surface area contributed by atoms with Crippen LogP contribution in [0.3, 0.4) is 0 Å². The quantitative estimate of drug-likeness (QED) is 0.644. The minimum atomic E-state index is -0.0535. The topological polar surface area (TPSA) is 67.4 Å². The second kappa shape index (κ2) is 9.25. The van der Waals surface area contributed by atoms with Gasteiger partial charge in [0.2, 0.25) is 5.91 Å². The zero-order chi connectivity index (χ0) is 19.1. The molecule has 2 aromatic heterocycles. The van der Waals surface area contributed by atoms with Gasteiger partial charge in [-0.1, -0.05) is 13.0 Å². The Hall–Kier alpha value is -2.77. The van der Waals surface area contributed by atoms with Gasteiger partial charge in [0, 0.05) is 23.8 Å². The largest absolute Gasteiger partial charge is 0.497 e. The Morgan fingerprint density at radius 1 is 1.22 bits per heavy atom. The van der Waals surface area contributed by atoms with E-state index in [4.69, 9.17) is 4.74 Å². The summed E-state index contributed by atoms with van der Waals surface area (Å²) in [5.41, 5.74) is 2.57. The van der Waals surface area contributed by atoms with E-state index >= 15 is 0 Å². The second-order valence-electron chi connectivity index (χ2n) is 5.94. The zero-order valence-electron chi connectivity index (χ0n) is 15.4. The van der Waals surface area contributed by atoms with Crippen molar-refractivity contribution in [1.29, 1.82) is 0 Å². The number of hydrogen-bond acceptors (Lipinski definition) is 6. The van der Waals surface area contributed by atoms with Crippen molar-refractivity contribution in [3.8, 4) is 16.5 Å². The minimum absolute atomic E-state index is 0.0535. The summed E-state index contributed by atoms with van der Waals surface area (Å²) < 4.78 is 5.13. The molecule has 0 saturated carbocycles. The van der Waals surface area contributed by atoms with Gasteiger partial charge in [-0.05, 0) is 42.9 Å². The van der Waals surface area contributed by atoms with Crippen LogP contribution in [-0.4, -0.2) is 41.0 Å². The number of amides is 1. The molecule has 3 rings (SSSR count). The molecule has 0 saturated heterocycles. The van der Waals surface area contributed by atoms with Crippen LogP contribution in [0.15, 0.2) is 54.0 Å². The van der Waals surface area contributed by atoms with E-state index in [9.17, 15) is 4.79 Å². The van der Waals surface area contributed by atoms with Crippen LogP contribution in [0.5, 0.6) is 5.75 Å². The van der Waals surface area contributed by atoms with Crippen LogP contribution in [-0.2, 0) is 11.3 Å². The van der Waals surface area contributed by atoms with Gasteiger partial charge >= 0.3 is 0 Å². The molecule has 2 heterocycles. The van der Waals surface area contributed by atoms with Gasteiger partial charge in [-0.15, -0.1) is 11.3 Å². The van der Waals surface area contributed by atoms with Crippen LogP contribution in [0.2, 0.25) is 0 Å². The number of hydrogen-bond donors (Lipinski definition) is 1. The second-order valence-corrected chi connectivity index (χ2v) is 6.80. The first-order valence-electron chi connectivity index (χ1n) is 8.70. The van der Waals surface area contributed by atoms with Crippen molar-refractivity contribution in [3.05, 3.63) is 59.7 Å². The van der Waals surface area contributed by atoms with Crippen LogP contribution in [0.4, 0.5) is 5.69 Å². The first kappa shape index (κ1) is 19.0. The molecule has 7 heteroatoms. The molecule has 3 aromatic rings. The highest BCUT2D eigenvalue weighted by Crippen LogP contribution is 2.22. The summed E-state index contributed by atoms with van der Waals surface area (Å²) in [5, 5.41) is 5.83. The summed E-state index contributed by atoms with van der Waals surface area (Å²) >= 11 is 1.57. The fourth-order valence-electron chi connectivity index (χ4n) is 2.57. The van der Waals surface area contributed by atoms with Gasteiger partial charge in [-0.3, -0.25) is 14.7 Å². The molecular weight excluding hydrogens is 360 g/mol. The van der Waals surface area contributed by atoms with Crippen molar-refractivity contribution in [2.75, 3.05) is 25.5 Å². The maximum Gasteiger partial charge on any atom is 0.238 e. The number of rotatable bonds is 8. The van der Waals surface area contributed by atoms with Crippen LogP contribution >= 0.6 is 11.3 Å². The lowest BCUT2D eigenvalue weighted by Gasteiger charge is -2.18. The highest BCUT2D eigenvalue weighted by molar-refractivity contribution is 7.13. The van der Waals surface area contributed by atoms with Crippen molar-refractivity contribution < 1.29 is 9.53 Å². The lowest BCUT2D eigenvalue weighted by Crippen LogP contribution is -2.32. The van der Waals surface area contributed by atoms with Crippen LogP contribution in [0, 0.1) is 0 Å². The average Bonchev–Trinajstić information content (AvgIpc) is 3.17. The number of methoxy groups -OCH3 is 1. The monoisotopic (exact) mass is 382 g/mol. The first-order chi connectivity index (χ1) is 13.2. The molecule has 0 unspecified atom stereocenters. The summed E-state index contributed by atoms with van der Waals surface area (Å²) in [6.07, 6.45) is 1.76. The summed E-state index contributed by atoms with van der Waals surface area (Å²) in [7, 11) is 1.62. The number of thiazole rings is 1. The Morgan fingerprint density at radius 3 is 2.70 bits per heavy atom. The Bertz CT molecular complexity index is 865. The van der Waals surface area contributed by atoms with E-state index in [1.807, 2.05) is 54.8 Å². The number of anilines is 1. The van der Waals surface area contributed by atoms with Crippen LogP contribution in [0.1, 0.15) is 12.6 Å². The van der Waals surface area contributed by atoms with Gasteiger partial charge in [-0.2, -0.15) is 0 Å². The first-order valence-corrected chi connectivity index (χ1v) is 9.58. The number of carbonyl (C=O) groups is 1. The third-order valence-electron chi connectivity index (χ3n) is 4.01. The molecule has 0 radical (unpaired) electrons. The summed E-state index contributed by atoms with van der Waals surface area (Å²) in [6, 6.07) is 13.1. The standard InChI is InChI=1S/C20H22N4O2S/c1-3-24(13-19(25)22-15-7-9-17(26-2)10-8-15)12-16-14-27-20(23-16)18-6-4-5-11-21-18/h4-11,14H,3,12-13H2,1-2H3,(H,22,25). The van der Waals surface area contributed by atoms with Gasteiger partial charge in [0.15, 0.2) is 0 Å². The fraction of sp³-hybridized carbons (Fsp3) is 0.250. The third-order valence-corrected chi connectivity index (χ3v) is 4.92.